The van der Waals surface area contributed by atoms with Crippen LogP contribution in [-0.2, 0) is 9.53 Å². The largest absolute Gasteiger partial charge is 0.384 e. The first-order chi connectivity index (χ1) is 16.0. The number of morpholine rings is 1. The average Bonchev–Trinajstić information content (AvgIpc) is 2.85. The molecule has 168 valence electrons. The van der Waals surface area contributed by atoms with E-state index in [9.17, 15) is 15.2 Å². The molecular weight excluding hydrogens is 420 g/mol. The second-order valence-corrected chi connectivity index (χ2v) is 7.57. The molecule has 2 heterocycles. The molecule has 33 heavy (non-hydrogen) atoms. The number of nitrogens with one attached hydrogen (secondary N) is 2. The summed E-state index contributed by atoms with van der Waals surface area (Å²) in [5.74, 6) is -0.149. The van der Waals surface area contributed by atoms with Crippen LogP contribution < -0.4 is 15.5 Å². The van der Waals surface area contributed by atoms with E-state index >= 15 is 0 Å². The van der Waals surface area contributed by atoms with Gasteiger partial charge in [0.25, 0.3) is 5.91 Å². The molecule has 1 aliphatic heterocycles. The second-order valence-electron chi connectivity index (χ2n) is 7.57. The lowest BCUT2D eigenvalue weighted by Crippen LogP contribution is -2.36. The molecule has 0 aliphatic carbocycles. The van der Waals surface area contributed by atoms with Gasteiger partial charge in [-0.25, -0.2) is 9.97 Å². The summed E-state index contributed by atoms with van der Waals surface area (Å²) < 4.78 is 5.40. The molecule has 9 nitrogen and oxygen atoms in total. The van der Waals surface area contributed by atoms with E-state index in [2.05, 4.69) is 43.7 Å². The van der Waals surface area contributed by atoms with Gasteiger partial charge in [-0.1, -0.05) is 6.07 Å². The van der Waals surface area contributed by atoms with Gasteiger partial charge in [0.2, 0.25) is 5.95 Å². The minimum Gasteiger partial charge on any atom is -0.384 e. The minimum absolute atomic E-state index is 0.272. The SMILES string of the molecule is CC(O)C(=O)Nc1ccc(-c2ccnc(Nc3ccc(N4CCOCC4)cc3)n2)cc1C#N. The number of nitrogens with zero attached hydrogens (tertiary/aromatic N) is 4. The maximum Gasteiger partial charge on any atom is 0.252 e. The highest BCUT2D eigenvalue weighted by Gasteiger charge is 2.14. The summed E-state index contributed by atoms with van der Waals surface area (Å²) in [7, 11) is 0. The van der Waals surface area contributed by atoms with Crippen LogP contribution in [0.5, 0.6) is 0 Å². The number of aromatic nitrogens is 2. The van der Waals surface area contributed by atoms with Crippen molar-refractivity contribution in [1.29, 1.82) is 5.26 Å². The van der Waals surface area contributed by atoms with Crippen molar-refractivity contribution in [3.8, 4) is 17.3 Å². The van der Waals surface area contributed by atoms with E-state index in [4.69, 9.17) is 4.74 Å². The zero-order valence-electron chi connectivity index (χ0n) is 18.2. The smallest absolute Gasteiger partial charge is 0.252 e. The van der Waals surface area contributed by atoms with Crippen LogP contribution >= 0.6 is 0 Å². The molecule has 0 radical (unpaired) electrons. The molecule has 1 aromatic heterocycles. The van der Waals surface area contributed by atoms with E-state index in [1.807, 2.05) is 12.1 Å². The number of hydrogen-bond acceptors (Lipinski definition) is 8. The molecule has 1 unspecified atom stereocenters. The average molecular weight is 444 g/mol. The molecule has 2 aromatic carbocycles. The first-order valence-corrected chi connectivity index (χ1v) is 10.6. The summed E-state index contributed by atoms with van der Waals surface area (Å²) in [6.45, 7) is 4.60. The topological polar surface area (TPSA) is 123 Å². The van der Waals surface area contributed by atoms with Crippen molar-refractivity contribution in [1.82, 2.24) is 9.97 Å². The van der Waals surface area contributed by atoms with E-state index < -0.39 is 12.0 Å². The molecule has 0 spiro atoms. The Hall–Kier alpha value is -4.00. The van der Waals surface area contributed by atoms with Gasteiger partial charge in [-0.05, 0) is 49.4 Å². The number of amides is 1. The van der Waals surface area contributed by atoms with Crippen molar-refractivity contribution in [2.75, 3.05) is 41.8 Å². The zero-order valence-corrected chi connectivity index (χ0v) is 18.2. The number of hydrogen-bond donors (Lipinski definition) is 3. The van der Waals surface area contributed by atoms with Crippen LogP contribution in [0.15, 0.2) is 54.7 Å². The van der Waals surface area contributed by atoms with Crippen LogP contribution in [0.25, 0.3) is 11.3 Å². The number of nitriles is 1. The summed E-state index contributed by atoms with van der Waals surface area (Å²) >= 11 is 0. The first-order valence-electron chi connectivity index (χ1n) is 10.6. The van der Waals surface area contributed by atoms with Crippen molar-refractivity contribution in [2.45, 2.75) is 13.0 Å². The number of aliphatic hydroxyl groups is 1. The van der Waals surface area contributed by atoms with E-state index in [1.54, 1.807) is 30.5 Å². The van der Waals surface area contributed by atoms with Crippen LogP contribution in [0, 0.1) is 11.3 Å². The first kappa shape index (κ1) is 22.2. The van der Waals surface area contributed by atoms with Crippen LogP contribution in [0.1, 0.15) is 12.5 Å². The molecular formula is C24H24N6O3. The Labute approximate surface area is 191 Å². The molecule has 4 rings (SSSR count). The Morgan fingerprint density at radius 2 is 1.94 bits per heavy atom. The highest BCUT2D eigenvalue weighted by Crippen LogP contribution is 2.26. The van der Waals surface area contributed by atoms with Crippen LogP contribution in [-0.4, -0.2) is 53.4 Å². The van der Waals surface area contributed by atoms with Crippen LogP contribution in [0.2, 0.25) is 0 Å². The molecule has 1 saturated heterocycles. The molecule has 9 heteroatoms. The Kier molecular flexibility index (Phi) is 6.78. The van der Waals surface area contributed by atoms with Crippen molar-refractivity contribution < 1.29 is 14.6 Å². The molecule has 1 amide bonds. The lowest BCUT2D eigenvalue weighted by atomic mass is 10.1. The summed E-state index contributed by atoms with van der Waals surface area (Å²) in [5, 5.41) is 24.6. The third-order valence-corrected chi connectivity index (χ3v) is 5.23. The van der Waals surface area contributed by atoms with Gasteiger partial charge in [-0.15, -0.1) is 0 Å². The Bertz CT molecular complexity index is 1170. The van der Waals surface area contributed by atoms with Gasteiger partial charge in [-0.3, -0.25) is 4.79 Å². The fourth-order valence-electron chi connectivity index (χ4n) is 3.43. The maximum absolute atomic E-state index is 11.8. The monoisotopic (exact) mass is 444 g/mol. The molecule has 1 atom stereocenters. The fraction of sp³-hybridized carbons (Fsp3) is 0.250. The Morgan fingerprint density at radius 3 is 2.64 bits per heavy atom. The number of carbonyl (C=O) groups is 1. The maximum atomic E-state index is 11.8. The zero-order chi connectivity index (χ0) is 23.2. The van der Waals surface area contributed by atoms with E-state index in [0.29, 0.717) is 22.9 Å². The number of carbonyl (C=O) groups excluding carboxylic acids is 1. The van der Waals surface area contributed by atoms with E-state index in [1.165, 1.54) is 6.92 Å². The molecule has 3 aromatic rings. The predicted octanol–water partition coefficient (Wildman–Crippen LogP) is 2.91. The number of rotatable bonds is 6. The lowest BCUT2D eigenvalue weighted by molar-refractivity contribution is -0.123. The van der Waals surface area contributed by atoms with Gasteiger partial charge in [0.05, 0.1) is 30.2 Å². The van der Waals surface area contributed by atoms with Gasteiger partial charge in [0, 0.05) is 36.2 Å². The van der Waals surface area contributed by atoms with Crippen molar-refractivity contribution >= 4 is 28.9 Å². The van der Waals surface area contributed by atoms with Gasteiger partial charge in [-0.2, -0.15) is 5.26 Å². The van der Waals surface area contributed by atoms with Crippen LogP contribution in [0.3, 0.4) is 0 Å². The summed E-state index contributed by atoms with van der Waals surface area (Å²) in [5.41, 5.74) is 3.94. The van der Waals surface area contributed by atoms with Gasteiger partial charge in [0.1, 0.15) is 12.2 Å². The third kappa shape index (κ3) is 5.44. The van der Waals surface area contributed by atoms with Crippen molar-refractivity contribution in [3.63, 3.8) is 0 Å². The standard InChI is InChI=1S/C24H24N6O3/c1-16(31)23(32)28-21-7-2-17(14-18(21)15-25)22-8-9-26-24(29-22)27-19-3-5-20(6-4-19)30-10-12-33-13-11-30/h2-9,14,16,31H,10-13H2,1H3,(H,28,32)(H,26,27,29). The molecule has 1 fully saturated rings. The fourth-order valence-corrected chi connectivity index (χ4v) is 3.43. The molecule has 0 bridgehead atoms. The predicted molar refractivity (Wildman–Crippen MR) is 125 cm³/mol. The number of ether oxygens (including phenoxy) is 1. The summed E-state index contributed by atoms with van der Waals surface area (Å²) in [6, 6.07) is 16.9. The third-order valence-electron chi connectivity index (χ3n) is 5.23. The second kappa shape index (κ2) is 10.1. The summed E-state index contributed by atoms with van der Waals surface area (Å²) in [6.07, 6.45) is 0.469. The van der Waals surface area contributed by atoms with E-state index in [-0.39, 0.29) is 5.56 Å². The molecule has 3 N–H and O–H groups in total. The highest BCUT2D eigenvalue weighted by molar-refractivity contribution is 5.95. The van der Waals surface area contributed by atoms with Gasteiger partial charge in [0.15, 0.2) is 0 Å². The quantitative estimate of drug-likeness (QED) is 0.530. The van der Waals surface area contributed by atoms with Crippen molar-refractivity contribution in [3.05, 3.63) is 60.3 Å². The Balaban J connectivity index is 1.49. The molecule has 0 saturated carbocycles. The normalized spacial score (nSPS) is 14.3. The molecule has 1 aliphatic rings. The van der Waals surface area contributed by atoms with Gasteiger partial charge < -0.3 is 25.4 Å². The number of benzene rings is 2. The van der Waals surface area contributed by atoms with Gasteiger partial charge >= 0.3 is 0 Å². The minimum atomic E-state index is -1.17. The lowest BCUT2D eigenvalue weighted by Gasteiger charge is -2.28. The summed E-state index contributed by atoms with van der Waals surface area (Å²) in [4.78, 5) is 22.9. The Morgan fingerprint density at radius 1 is 1.18 bits per heavy atom. The van der Waals surface area contributed by atoms with Crippen LogP contribution in [0.4, 0.5) is 23.0 Å². The highest BCUT2D eigenvalue weighted by atomic mass is 16.5. The number of aliphatic hydroxyl groups excluding tert-OH is 1. The number of anilines is 4. The van der Waals surface area contributed by atoms with E-state index in [0.717, 1.165) is 37.7 Å². The van der Waals surface area contributed by atoms with Crippen molar-refractivity contribution in [2.24, 2.45) is 0 Å².